The van der Waals surface area contributed by atoms with Crippen LogP contribution < -0.4 is 10.1 Å². The van der Waals surface area contributed by atoms with Gasteiger partial charge in [0.15, 0.2) is 11.6 Å². The predicted octanol–water partition coefficient (Wildman–Crippen LogP) is 7.24. The molecule has 0 fully saturated rings. The number of amides is 1. The van der Waals surface area contributed by atoms with E-state index in [4.69, 9.17) is 0 Å². The second-order valence-corrected chi connectivity index (χ2v) is 8.08. The van der Waals surface area contributed by atoms with Gasteiger partial charge in [0.05, 0.1) is 17.5 Å². The molecule has 0 aliphatic rings. The lowest BCUT2D eigenvalue weighted by Gasteiger charge is -2.15. The Kier molecular flexibility index (Phi) is 6.27. The van der Waals surface area contributed by atoms with E-state index in [1.807, 2.05) is 0 Å². The average Bonchev–Trinajstić information content (AvgIpc) is 3.30. The molecule has 1 amide bonds. The number of carbonyl (C=O) groups excluding carboxylic acids is 1. The highest BCUT2D eigenvalue weighted by Gasteiger charge is 2.33. The second-order valence-electron chi connectivity index (χ2n) is 8.08. The number of nitrogens with zero attached hydrogens (tertiary/aromatic N) is 2. The van der Waals surface area contributed by atoms with Crippen LogP contribution in [0.15, 0.2) is 85.2 Å². The topological polar surface area (TPSA) is 55.6 Å². The first-order valence-electron chi connectivity index (χ1n) is 11.0. The Morgan fingerprint density at radius 1 is 0.895 bits per heavy atom. The molecule has 0 saturated heterocycles. The number of imidazole rings is 1. The van der Waals surface area contributed by atoms with Crippen molar-refractivity contribution < 1.29 is 35.9 Å². The fourth-order valence-electron chi connectivity index (χ4n) is 3.96. The molecule has 3 aromatic carbocycles. The van der Waals surface area contributed by atoms with Gasteiger partial charge in [-0.15, -0.1) is 13.2 Å². The Labute approximate surface area is 210 Å². The Balaban J connectivity index is 1.60. The van der Waals surface area contributed by atoms with Gasteiger partial charge in [-0.1, -0.05) is 12.1 Å². The molecule has 0 aliphatic heterocycles. The zero-order valence-corrected chi connectivity index (χ0v) is 19.1. The van der Waals surface area contributed by atoms with Crippen LogP contribution in [0.2, 0.25) is 0 Å². The number of anilines is 1. The molecule has 0 spiro atoms. The number of alkyl halides is 3. The normalized spacial score (nSPS) is 11.5. The molecule has 38 heavy (non-hydrogen) atoms. The van der Waals surface area contributed by atoms with Gasteiger partial charge in [0.25, 0.3) is 5.91 Å². The fraction of sp³-hybridized carbons (Fsp3) is 0.0370. The molecule has 5 nitrogen and oxygen atoms in total. The zero-order chi connectivity index (χ0) is 27.0. The molecule has 2 heterocycles. The third kappa shape index (κ3) is 4.90. The molecular weight excluding hydrogens is 512 g/mol. The molecular formula is C27H15F6N3O2. The zero-order valence-electron chi connectivity index (χ0n) is 19.1. The quantitative estimate of drug-likeness (QED) is 0.245. The molecule has 0 saturated carbocycles. The van der Waals surface area contributed by atoms with Crippen molar-refractivity contribution in [1.29, 1.82) is 0 Å². The maximum absolute atomic E-state index is 14.5. The number of fused-ring (bicyclic) bond motifs is 1. The van der Waals surface area contributed by atoms with Crippen LogP contribution in [-0.2, 0) is 0 Å². The number of rotatable bonds is 5. The first-order chi connectivity index (χ1) is 18.1. The van der Waals surface area contributed by atoms with Crippen LogP contribution in [0.1, 0.15) is 10.4 Å². The number of nitrogens with one attached hydrogen (secondary N) is 1. The van der Waals surface area contributed by atoms with E-state index in [0.29, 0.717) is 11.1 Å². The minimum atomic E-state index is -5.07. The van der Waals surface area contributed by atoms with Crippen molar-refractivity contribution >= 4 is 17.2 Å². The third-order valence-corrected chi connectivity index (χ3v) is 5.63. The van der Waals surface area contributed by atoms with Gasteiger partial charge >= 0.3 is 6.36 Å². The number of pyridine rings is 1. The molecule has 0 aliphatic carbocycles. The standard InChI is InChI=1S/C27H15F6N3O2/c28-16-7-9-17(10-8-16)35-26(37)20-13-15(6-11-23(20)38-27(31,32)33)18-4-2-12-36-22(14-34-25(18)36)19-3-1-5-21(29)24(19)30/h1-14H,(H,35,37). The van der Waals surface area contributed by atoms with Gasteiger partial charge in [-0.05, 0) is 66.2 Å². The Hall–Kier alpha value is -4.80. The Morgan fingerprint density at radius 3 is 2.37 bits per heavy atom. The summed E-state index contributed by atoms with van der Waals surface area (Å²) >= 11 is 0. The van der Waals surface area contributed by atoms with Crippen molar-refractivity contribution in [1.82, 2.24) is 9.38 Å². The van der Waals surface area contributed by atoms with E-state index in [2.05, 4.69) is 15.0 Å². The molecule has 192 valence electrons. The minimum Gasteiger partial charge on any atom is -0.405 e. The average molecular weight is 527 g/mol. The van der Waals surface area contributed by atoms with Gasteiger partial charge in [-0.3, -0.25) is 9.20 Å². The first kappa shape index (κ1) is 24.9. The summed E-state index contributed by atoms with van der Waals surface area (Å²) in [4.78, 5) is 17.3. The molecule has 1 N–H and O–H groups in total. The van der Waals surface area contributed by atoms with Gasteiger partial charge in [-0.25, -0.2) is 18.2 Å². The molecule has 0 radical (unpaired) electrons. The summed E-state index contributed by atoms with van der Waals surface area (Å²) in [5.74, 6) is -4.34. The van der Waals surface area contributed by atoms with Crippen molar-refractivity contribution in [3.05, 3.63) is 108 Å². The van der Waals surface area contributed by atoms with Crippen LogP contribution in [0.4, 0.5) is 32.0 Å². The summed E-state index contributed by atoms with van der Waals surface area (Å²) in [6.45, 7) is 0. The van der Waals surface area contributed by atoms with Crippen LogP contribution in [0.3, 0.4) is 0 Å². The predicted molar refractivity (Wildman–Crippen MR) is 127 cm³/mol. The number of benzene rings is 3. The fourth-order valence-corrected chi connectivity index (χ4v) is 3.96. The van der Waals surface area contributed by atoms with Crippen molar-refractivity contribution in [3.8, 4) is 28.1 Å². The lowest BCUT2D eigenvalue weighted by atomic mass is 10.0. The molecule has 0 bridgehead atoms. The summed E-state index contributed by atoms with van der Waals surface area (Å²) < 4.78 is 86.2. The van der Waals surface area contributed by atoms with Gasteiger partial charge in [0.1, 0.15) is 17.2 Å². The van der Waals surface area contributed by atoms with Crippen molar-refractivity contribution in [2.45, 2.75) is 6.36 Å². The first-order valence-corrected chi connectivity index (χ1v) is 11.0. The van der Waals surface area contributed by atoms with E-state index in [-0.39, 0.29) is 22.6 Å². The minimum absolute atomic E-state index is 0.0389. The van der Waals surface area contributed by atoms with Crippen LogP contribution in [0.25, 0.3) is 28.0 Å². The number of aromatic nitrogens is 2. The largest absolute Gasteiger partial charge is 0.573 e. The Morgan fingerprint density at radius 2 is 1.63 bits per heavy atom. The van der Waals surface area contributed by atoms with Crippen molar-refractivity contribution in [3.63, 3.8) is 0 Å². The number of hydrogen-bond donors (Lipinski definition) is 1. The SMILES string of the molecule is O=C(Nc1ccc(F)cc1)c1cc(-c2cccn3c(-c4cccc(F)c4F)cnc23)ccc1OC(F)(F)F. The second kappa shape index (κ2) is 9.58. The van der Waals surface area contributed by atoms with Crippen LogP contribution in [-0.4, -0.2) is 21.7 Å². The van der Waals surface area contributed by atoms with Gasteiger partial charge in [0.2, 0.25) is 0 Å². The summed E-state index contributed by atoms with van der Waals surface area (Å²) in [6, 6.07) is 15.1. The maximum atomic E-state index is 14.5. The van der Waals surface area contributed by atoms with Crippen molar-refractivity contribution in [2.75, 3.05) is 5.32 Å². The number of ether oxygens (including phenoxy) is 1. The molecule has 11 heteroatoms. The van der Waals surface area contributed by atoms with E-state index in [1.54, 1.807) is 18.3 Å². The maximum Gasteiger partial charge on any atom is 0.573 e. The monoisotopic (exact) mass is 527 g/mol. The summed E-state index contributed by atoms with van der Waals surface area (Å²) in [6.07, 6.45) is -2.17. The van der Waals surface area contributed by atoms with Gasteiger partial charge < -0.3 is 10.1 Å². The van der Waals surface area contributed by atoms with E-state index in [9.17, 15) is 31.1 Å². The van der Waals surface area contributed by atoms with E-state index in [0.717, 1.165) is 24.3 Å². The lowest BCUT2D eigenvalue weighted by molar-refractivity contribution is -0.274. The summed E-state index contributed by atoms with van der Waals surface area (Å²) in [5, 5.41) is 2.41. The van der Waals surface area contributed by atoms with Crippen LogP contribution >= 0.6 is 0 Å². The molecule has 0 atom stereocenters. The highest BCUT2D eigenvalue weighted by atomic mass is 19.4. The van der Waals surface area contributed by atoms with Crippen LogP contribution in [0, 0.1) is 17.5 Å². The smallest absolute Gasteiger partial charge is 0.405 e. The van der Waals surface area contributed by atoms with E-state index >= 15 is 0 Å². The summed E-state index contributed by atoms with van der Waals surface area (Å²) in [7, 11) is 0. The van der Waals surface area contributed by atoms with Crippen molar-refractivity contribution in [2.24, 2.45) is 0 Å². The number of halogens is 6. The third-order valence-electron chi connectivity index (χ3n) is 5.63. The van der Waals surface area contributed by atoms with E-state index in [1.165, 1.54) is 47.0 Å². The highest BCUT2D eigenvalue weighted by molar-refractivity contribution is 6.07. The summed E-state index contributed by atoms with van der Waals surface area (Å²) in [5.41, 5.74) is 0.871. The molecule has 2 aromatic heterocycles. The molecule has 0 unspecified atom stereocenters. The molecule has 5 rings (SSSR count). The highest BCUT2D eigenvalue weighted by Crippen LogP contribution is 2.34. The Bertz CT molecular complexity index is 1660. The lowest BCUT2D eigenvalue weighted by Crippen LogP contribution is -2.21. The van der Waals surface area contributed by atoms with Crippen LogP contribution in [0.5, 0.6) is 5.75 Å². The number of hydrogen-bond acceptors (Lipinski definition) is 3. The number of carbonyl (C=O) groups is 1. The van der Waals surface area contributed by atoms with Gasteiger partial charge in [0, 0.05) is 23.0 Å². The molecule has 5 aromatic rings. The van der Waals surface area contributed by atoms with Gasteiger partial charge in [-0.2, -0.15) is 0 Å². The van der Waals surface area contributed by atoms with E-state index < -0.39 is 41.0 Å².